The highest BCUT2D eigenvalue weighted by Crippen LogP contribution is 2.18. The highest BCUT2D eigenvalue weighted by Gasteiger charge is 2.31. The molecule has 2 aliphatic rings. The summed E-state index contributed by atoms with van der Waals surface area (Å²) in [5.41, 5.74) is 15.5. The van der Waals surface area contributed by atoms with Crippen molar-refractivity contribution in [1.29, 1.82) is 0 Å². The van der Waals surface area contributed by atoms with Crippen LogP contribution in [-0.4, -0.2) is 58.6 Å². The van der Waals surface area contributed by atoms with Crippen molar-refractivity contribution in [1.82, 2.24) is 20.4 Å². The zero-order valence-electron chi connectivity index (χ0n) is 25.1. The predicted molar refractivity (Wildman–Crippen MR) is 165 cm³/mol. The van der Waals surface area contributed by atoms with Crippen LogP contribution in [0.2, 0.25) is 0 Å². The van der Waals surface area contributed by atoms with Crippen LogP contribution in [0.15, 0.2) is 48.5 Å². The fourth-order valence-electron chi connectivity index (χ4n) is 5.75. The number of nitrogens with two attached hydrogens (primary N) is 2. The molecule has 2 heterocycles. The van der Waals surface area contributed by atoms with Gasteiger partial charge in [-0.05, 0) is 60.8 Å². The molecule has 0 aliphatic carbocycles. The van der Waals surface area contributed by atoms with Crippen LogP contribution in [0.3, 0.4) is 0 Å². The lowest BCUT2D eigenvalue weighted by Crippen LogP contribution is -2.51. The molecule has 10 heteroatoms. The fraction of sp³-hybridized carbons (Fsp3) is 0.515. The molecule has 10 nitrogen and oxygen atoms in total. The highest BCUT2D eigenvalue weighted by molar-refractivity contribution is 5.89. The van der Waals surface area contributed by atoms with E-state index in [0.717, 1.165) is 35.1 Å². The monoisotopic (exact) mass is 590 g/mol. The number of carbonyl (C=O) groups excluding carboxylic acids is 4. The summed E-state index contributed by atoms with van der Waals surface area (Å²) in [7, 11) is 0. The van der Waals surface area contributed by atoms with E-state index in [1.165, 1.54) is 0 Å². The average molecular weight is 591 g/mol. The molecule has 0 bridgehead atoms. The molecule has 6 N–H and O–H groups in total. The molecule has 2 unspecified atom stereocenters. The molecule has 4 rings (SSSR count). The number of hydrogen-bond donors (Lipinski definition) is 4. The summed E-state index contributed by atoms with van der Waals surface area (Å²) >= 11 is 0. The van der Waals surface area contributed by atoms with Crippen molar-refractivity contribution in [3.05, 3.63) is 70.8 Å². The minimum atomic E-state index is -0.492. The maximum absolute atomic E-state index is 13.0. The molecule has 0 radical (unpaired) electrons. The van der Waals surface area contributed by atoms with Gasteiger partial charge in [-0.15, -0.1) is 0 Å². The molecule has 2 saturated heterocycles. The molecular formula is C33H46N6O4. The molecule has 0 aromatic heterocycles. The topological polar surface area (TPSA) is 151 Å². The van der Waals surface area contributed by atoms with Gasteiger partial charge >= 0.3 is 0 Å². The van der Waals surface area contributed by atoms with Crippen molar-refractivity contribution in [2.24, 2.45) is 11.5 Å². The van der Waals surface area contributed by atoms with Crippen molar-refractivity contribution in [3.63, 3.8) is 0 Å². The third kappa shape index (κ3) is 9.62. The highest BCUT2D eigenvalue weighted by atomic mass is 16.2. The van der Waals surface area contributed by atoms with Gasteiger partial charge in [0.15, 0.2) is 0 Å². The SMILES string of the molecule is NCc1ccc(CN2CCCC(NC(=O)CCCCCC(=O)NC3CCCN(Cc4ccc(CN)cc4)C3=O)C2=O)cc1. The van der Waals surface area contributed by atoms with Crippen molar-refractivity contribution < 1.29 is 19.2 Å². The Kier molecular flexibility index (Phi) is 12.1. The Morgan fingerprint density at radius 2 is 1.00 bits per heavy atom. The fourth-order valence-corrected chi connectivity index (χ4v) is 5.75. The number of nitrogens with zero attached hydrogens (tertiary/aromatic N) is 2. The van der Waals surface area contributed by atoms with E-state index in [2.05, 4.69) is 10.6 Å². The van der Waals surface area contributed by atoms with Gasteiger partial charge < -0.3 is 31.9 Å². The standard InChI is InChI=1S/C33H46N6O4/c34-20-24-10-14-26(15-11-24)22-38-18-4-6-28(32(38)42)36-30(40)8-2-1-3-9-31(41)37-29-7-5-19-39(33(29)43)23-27-16-12-25(21-35)13-17-27/h10-17,28-29H,1-9,18-23,34-35H2,(H,36,40)(H,37,41). The number of nitrogens with one attached hydrogen (secondary N) is 2. The second-order valence-corrected chi connectivity index (χ2v) is 11.6. The maximum Gasteiger partial charge on any atom is 0.245 e. The molecule has 4 amide bonds. The first-order chi connectivity index (χ1) is 20.9. The summed E-state index contributed by atoms with van der Waals surface area (Å²) in [5, 5.41) is 5.83. The maximum atomic E-state index is 13.0. The number of rotatable bonds is 14. The van der Waals surface area contributed by atoms with Gasteiger partial charge in [-0.1, -0.05) is 55.0 Å². The lowest BCUT2D eigenvalue weighted by Gasteiger charge is -2.33. The summed E-state index contributed by atoms with van der Waals surface area (Å²) < 4.78 is 0. The van der Waals surface area contributed by atoms with Gasteiger partial charge in [-0.25, -0.2) is 0 Å². The zero-order valence-corrected chi connectivity index (χ0v) is 25.1. The number of unbranched alkanes of at least 4 members (excludes halogenated alkanes) is 2. The number of carbonyl (C=O) groups is 4. The van der Waals surface area contributed by atoms with Crippen LogP contribution >= 0.6 is 0 Å². The van der Waals surface area contributed by atoms with E-state index in [0.29, 0.717) is 84.2 Å². The lowest BCUT2D eigenvalue weighted by atomic mass is 10.0. The van der Waals surface area contributed by atoms with Gasteiger partial charge in [0.2, 0.25) is 23.6 Å². The van der Waals surface area contributed by atoms with E-state index in [1.807, 2.05) is 48.5 Å². The Hall–Kier alpha value is -3.76. The molecule has 43 heavy (non-hydrogen) atoms. The number of piperidine rings is 2. The Bertz CT molecular complexity index is 1140. The smallest absolute Gasteiger partial charge is 0.245 e. The number of amides is 4. The minimum absolute atomic E-state index is 0.0421. The quantitative estimate of drug-likeness (QED) is 0.248. The van der Waals surface area contributed by atoms with Crippen LogP contribution in [0.25, 0.3) is 0 Å². The number of hydrogen-bond acceptors (Lipinski definition) is 6. The van der Waals surface area contributed by atoms with Gasteiger partial charge in [0.25, 0.3) is 0 Å². The van der Waals surface area contributed by atoms with E-state index in [9.17, 15) is 19.2 Å². The molecule has 2 aromatic carbocycles. The zero-order chi connectivity index (χ0) is 30.6. The van der Waals surface area contributed by atoms with Crippen LogP contribution in [-0.2, 0) is 45.4 Å². The van der Waals surface area contributed by atoms with E-state index in [4.69, 9.17) is 11.5 Å². The van der Waals surface area contributed by atoms with E-state index < -0.39 is 12.1 Å². The Morgan fingerprint density at radius 1 is 0.628 bits per heavy atom. The van der Waals surface area contributed by atoms with Crippen molar-refractivity contribution in [2.75, 3.05) is 13.1 Å². The van der Waals surface area contributed by atoms with Crippen LogP contribution in [0.5, 0.6) is 0 Å². The summed E-state index contributed by atoms with van der Waals surface area (Å²) in [4.78, 5) is 54.7. The van der Waals surface area contributed by atoms with Gasteiger partial charge in [0.05, 0.1) is 0 Å². The largest absolute Gasteiger partial charge is 0.344 e. The number of benzene rings is 2. The summed E-state index contributed by atoms with van der Waals surface area (Å²) in [5.74, 6) is -0.357. The normalized spacial score (nSPS) is 18.9. The van der Waals surface area contributed by atoms with Crippen molar-refractivity contribution in [3.8, 4) is 0 Å². The molecule has 0 spiro atoms. The minimum Gasteiger partial charge on any atom is -0.344 e. The van der Waals surface area contributed by atoms with Crippen molar-refractivity contribution >= 4 is 23.6 Å². The van der Waals surface area contributed by atoms with E-state index >= 15 is 0 Å². The second-order valence-electron chi connectivity index (χ2n) is 11.6. The van der Waals surface area contributed by atoms with Gasteiger partial charge in [0.1, 0.15) is 12.1 Å². The van der Waals surface area contributed by atoms with Gasteiger partial charge in [0, 0.05) is 52.1 Å². The first kappa shape index (κ1) is 32.2. The Balaban J connectivity index is 1.11. The van der Waals surface area contributed by atoms with Gasteiger partial charge in [-0.3, -0.25) is 19.2 Å². The number of likely N-dealkylation sites (tertiary alicyclic amines) is 2. The van der Waals surface area contributed by atoms with Crippen LogP contribution in [0, 0.1) is 0 Å². The summed E-state index contributed by atoms with van der Waals surface area (Å²) in [6.07, 6.45) is 5.59. The lowest BCUT2D eigenvalue weighted by molar-refractivity contribution is -0.139. The molecule has 232 valence electrons. The first-order valence-electron chi connectivity index (χ1n) is 15.6. The third-order valence-electron chi connectivity index (χ3n) is 8.30. The Morgan fingerprint density at radius 3 is 1.37 bits per heavy atom. The molecule has 2 fully saturated rings. The average Bonchev–Trinajstić information content (AvgIpc) is 3.01. The summed E-state index contributed by atoms with van der Waals surface area (Å²) in [6, 6.07) is 14.9. The van der Waals surface area contributed by atoms with E-state index in [1.54, 1.807) is 9.80 Å². The van der Waals surface area contributed by atoms with Crippen molar-refractivity contribution in [2.45, 2.75) is 96.1 Å². The summed E-state index contributed by atoms with van der Waals surface area (Å²) in [6.45, 7) is 3.37. The van der Waals surface area contributed by atoms with Crippen LogP contribution in [0.4, 0.5) is 0 Å². The Labute approximate surface area is 254 Å². The van der Waals surface area contributed by atoms with Gasteiger partial charge in [-0.2, -0.15) is 0 Å². The molecule has 2 aliphatic heterocycles. The molecule has 2 atom stereocenters. The predicted octanol–water partition coefficient (Wildman–Crippen LogP) is 2.47. The molecular weight excluding hydrogens is 544 g/mol. The third-order valence-corrected chi connectivity index (χ3v) is 8.30. The van der Waals surface area contributed by atoms with E-state index in [-0.39, 0.29) is 23.6 Å². The van der Waals surface area contributed by atoms with Crippen LogP contribution in [0.1, 0.15) is 80.0 Å². The molecule has 2 aromatic rings. The first-order valence-corrected chi connectivity index (χ1v) is 15.6. The molecule has 0 saturated carbocycles. The second kappa shape index (κ2) is 16.2. The van der Waals surface area contributed by atoms with Crippen LogP contribution < -0.4 is 22.1 Å².